The van der Waals surface area contributed by atoms with Crippen molar-refractivity contribution in [2.24, 2.45) is 0 Å². The molecule has 0 aliphatic heterocycles. The molecule has 0 bridgehead atoms. The van der Waals surface area contributed by atoms with Crippen LogP contribution in [0, 0.1) is 65.3 Å². The van der Waals surface area contributed by atoms with Crippen molar-refractivity contribution in [3.8, 4) is 0 Å². The van der Waals surface area contributed by atoms with Gasteiger partial charge in [-0.05, 0) is 65.6 Å². The molecule has 0 spiro atoms. The zero-order chi connectivity index (χ0) is 21.9. The molecule has 0 atom stereocenters. The maximum absolute atomic E-state index is 3.24. The van der Waals surface area contributed by atoms with Crippen molar-refractivity contribution >= 4 is 0 Å². The topological polar surface area (TPSA) is 0 Å². The van der Waals surface area contributed by atoms with E-state index < -0.39 is 0 Å². The second kappa shape index (κ2) is 12.3. The monoisotopic (exact) mass is 425 g/mol. The normalized spacial score (nSPS) is 24.7. The van der Waals surface area contributed by atoms with Crippen LogP contribution in [0.2, 0.25) is 0 Å². The van der Waals surface area contributed by atoms with Crippen LogP contribution in [0.15, 0.2) is 16.7 Å². The molecule has 0 aromatic rings. The molecule has 0 heterocycles. The van der Waals surface area contributed by atoms with Gasteiger partial charge in [-0.1, -0.05) is 76.2 Å². The molecule has 2 aliphatic carbocycles. The Kier molecular flexibility index (Phi) is 12.4. The van der Waals surface area contributed by atoms with Gasteiger partial charge in [0.15, 0.2) is 0 Å². The predicted molar refractivity (Wildman–Crippen MR) is 125 cm³/mol. The molecule has 2 saturated carbocycles. The molecule has 11 radical (unpaired) electrons. The Morgan fingerprint density at radius 1 is 0.552 bits per heavy atom. The molecule has 2 rings (SSSR count). The Morgan fingerprint density at radius 3 is 1.10 bits per heavy atom. The molecule has 1 heteroatoms. The summed E-state index contributed by atoms with van der Waals surface area (Å²) < 4.78 is 0. The van der Waals surface area contributed by atoms with Gasteiger partial charge in [0, 0.05) is 0 Å². The SMILES string of the molecule is C[C-]=C(C)/C(C)=C(/C)C[C]1[C](C)[C](C)[C](C)[C]1C.C[C]1[C](C)[C](C)[C](C)[C]1C.[Ti+3]. The molecule has 0 saturated heterocycles. The van der Waals surface area contributed by atoms with Crippen molar-refractivity contribution in [2.45, 2.75) is 96.4 Å². The van der Waals surface area contributed by atoms with E-state index in [0.717, 1.165) is 6.42 Å². The van der Waals surface area contributed by atoms with E-state index >= 15 is 0 Å². The molecule has 29 heavy (non-hydrogen) atoms. The van der Waals surface area contributed by atoms with Gasteiger partial charge in [-0.3, -0.25) is 6.08 Å². The molecule has 2 aliphatic rings. The maximum Gasteiger partial charge on any atom is 3.00 e. The van der Waals surface area contributed by atoms with Crippen molar-refractivity contribution < 1.29 is 21.7 Å². The summed E-state index contributed by atoms with van der Waals surface area (Å²) >= 11 is 0. The van der Waals surface area contributed by atoms with E-state index in [1.807, 2.05) is 6.92 Å². The maximum atomic E-state index is 3.24. The van der Waals surface area contributed by atoms with Gasteiger partial charge in [0.25, 0.3) is 0 Å². The van der Waals surface area contributed by atoms with E-state index in [9.17, 15) is 0 Å². The van der Waals surface area contributed by atoms with Gasteiger partial charge < -0.3 is 0 Å². The summed E-state index contributed by atoms with van der Waals surface area (Å²) in [7, 11) is 0. The third-order valence-electron chi connectivity index (χ3n) is 7.42. The minimum atomic E-state index is 0. The van der Waals surface area contributed by atoms with Crippen LogP contribution in [0.4, 0.5) is 0 Å². The smallest absolute Gasteiger partial charge is 0.275 e. The van der Waals surface area contributed by atoms with Crippen LogP contribution in [0.25, 0.3) is 0 Å². The molecule has 0 nitrogen and oxygen atoms in total. The second-order valence-electron chi connectivity index (χ2n) is 8.56. The van der Waals surface area contributed by atoms with E-state index in [2.05, 4.69) is 89.2 Å². The average Bonchev–Trinajstić information content (AvgIpc) is 2.97. The molecule has 0 unspecified atom stereocenters. The Balaban J connectivity index is 0.000000606. The molecule has 0 amide bonds. The van der Waals surface area contributed by atoms with Gasteiger partial charge in [-0.25, -0.2) is 5.57 Å². The first-order valence-corrected chi connectivity index (χ1v) is 10.5. The summed E-state index contributed by atoms with van der Waals surface area (Å²) in [4.78, 5) is 0. The number of allylic oxidation sites excluding steroid dienone is 4. The molecule has 155 valence electrons. The van der Waals surface area contributed by atoms with Gasteiger partial charge in [-0.2, -0.15) is 11.1 Å². The van der Waals surface area contributed by atoms with Crippen LogP contribution in [-0.2, 0) is 21.7 Å². The number of rotatable bonds is 3. The van der Waals surface area contributed by atoms with Crippen molar-refractivity contribution in [1.29, 1.82) is 0 Å². The standard InChI is InChI=1S/C18H26.C10H15.Ti/c1-9-11(2)13(4)12(3)10-18-16(7)14(5)15(6)17(18)8;1-6-7(2)9(4)10(5)8(6)3;/h10H2,1-8H3;1-5H3;/q-1;;+3/b13-12-;;. The molecule has 0 N–H and O–H groups in total. The Hall–Kier alpha value is 0.194. The predicted octanol–water partition coefficient (Wildman–Crippen LogP) is 8.42. The van der Waals surface area contributed by atoms with E-state index in [1.54, 1.807) is 0 Å². The van der Waals surface area contributed by atoms with Crippen LogP contribution in [0.5, 0.6) is 0 Å². The summed E-state index contributed by atoms with van der Waals surface area (Å²) in [5, 5.41) is 0. The van der Waals surface area contributed by atoms with Crippen LogP contribution in [0.1, 0.15) is 96.4 Å². The molecular weight excluding hydrogens is 384 g/mol. The third-order valence-corrected chi connectivity index (χ3v) is 7.42. The largest absolute Gasteiger partial charge is 3.00 e. The first-order valence-electron chi connectivity index (χ1n) is 10.5. The van der Waals surface area contributed by atoms with Crippen molar-refractivity contribution in [3.63, 3.8) is 0 Å². The summed E-state index contributed by atoms with van der Waals surface area (Å²) in [6.45, 7) is 28.5. The van der Waals surface area contributed by atoms with Gasteiger partial charge in [0.2, 0.25) is 0 Å². The van der Waals surface area contributed by atoms with Crippen LogP contribution in [-0.4, -0.2) is 0 Å². The zero-order valence-electron chi connectivity index (χ0n) is 21.2. The van der Waals surface area contributed by atoms with Gasteiger partial charge in [0.1, 0.15) is 0 Å². The first kappa shape index (κ1) is 29.2. The minimum absolute atomic E-state index is 0. The average molecular weight is 426 g/mol. The third kappa shape index (κ3) is 6.59. The fourth-order valence-electron chi connectivity index (χ4n) is 3.87. The first-order chi connectivity index (χ1) is 12.9. The Bertz CT molecular complexity index is 498. The Labute approximate surface area is 199 Å². The van der Waals surface area contributed by atoms with Gasteiger partial charge in [0.05, 0.1) is 0 Å². The second-order valence-corrected chi connectivity index (χ2v) is 8.56. The van der Waals surface area contributed by atoms with E-state index in [-0.39, 0.29) is 21.7 Å². The van der Waals surface area contributed by atoms with E-state index in [1.165, 1.54) is 75.9 Å². The number of hydrogen-bond acceptors (Lipinski definition) is 0. The summed E-state index contributed by atoms with van der Waals surface area (Å²) in [6.07, 6.45) is 4.30. The summed E-state index contributed by atoms with van der Waals surface area (Å²) in [5.41, 5.74) is 4.11. The molecule has 0 aromatic heterocycles. The molecule has 2 fully saturated rings. The van der Waals surface area contributed by atoms with Crippen molar-refractivity contribution in [1.82, 2.24) is 0 Å². The fraction of sp³-hybridized carbons (Fsp3) is 0.500. The van der Waals surface area contributed by atoms with E-state index in [4.69, 9.17) is 0 Å². The van der Waals surface area contributed by atoms with E-state index in [0.29, 0.717) is 0 Å². The van der Waals surface area contributed by atoms with Crippen LogP contribution < -0.4 is 0 Å². The summed E-state index contributed by atoms with van der Waals surface area (Å²) in [5.74, 6) is 14.7. The fourth-order valence-corrected chi connectivity index (χ4v) is 3.87. The van der Waals surface area contributed by atoms with Gasteiger partial charge in [-0.15, -0.1) is 13.8 Å². The van der Waals surface area contributed by atoms with Gasteiger partial charge >= 0.3 is 21.7 Å². The molecule has 0 aromatic carbocycles. The quantitative estimate of drug-likeness (QED) is 0.242. The van der Waals surface area contributed by atoms with Crippen molar-refractivity contribution in [3.05, 3.63) is 82.0 Å². The van der Waals surface area contributed by atoms with Crippen LogP contribution in [0.3, 0.4) is 0 Å². The number of hydrogen-bond donors (Lipinski definition) is 0. The van der Waals surface area contributed by atoms with Crippen molar-refractivity contribution in [2.75, 3.05) is 0 Å². The zero-order valence-corrected chi connectivity index (χ0v) is 22.8. The molecular formula is C28H41Ti+2. The minimum Gasteiger partial charge on any atom is -0.275 e. The Morgan fingerprint density at radius 2 is 0.828 bits per heavy atom. The summed E-state index contributed by atoms with van der Waals surface area (Å²) in [6, 6.07) is 0. The van der Waals surface area contributed by atoms with Crippen LogP contribution >= 0.6 is 0 Å².